The monoisotopic (exact) mass is 287 g/mol. The minimum absolute atomic E-state index is 0.167. The van der Waals surface area contributed by atoms with E-state index < -0.39 is 0 Å². The SMILES string of the molecule is CC(CC#N)N(C)C(=O)c1cc(Cl)c2ccccc2n1. The number of nitriles is 1. The molecule has 2 rings (SSSR count). The molecule has 1 heterocycles. The molecule has 0 saturated heterocycles. The molecular formula is C15H14ClN3O. The normalized spacial score (nSPS) is 11.9. The van der Waals surface area contributed by atoms with Crippen LogP contribution in [-0.2, 0) is 0 Å². The van der Waals surface area contributed by atoms with Crippen LogP contribution in [0.2, 0.25) is 5.02 Å². The number of benzene rings is 1. The fourth-order valence-corrected chi connectivity index (χ4v) is 2.16. The topological polar surface area (TPSA) is 57.0 Å². The highest BCUT2D eigenvalue weighted by Gasteiger charge is 2.19. The molecule has 0 radical (unpaired) electrons. The van der Waals surface area contributed by atoms with E-state index in [-0.39, 0.29) is 18.4 Å². The summed E-state index contributed by atoms with van der Waals surface area (Å²) in [7, 11) is 1.66. The van der Waals surface area contributed by atoms with Gasteiger partial charge in [0.25, 0.3) is 5.91 Å². The van der Waals surface area contributed by atoms with Gasteiger partial charge >= 0.3 is 0 Å². The third kappa shape index (κ3) is 2.73. The lowest BCUT2D eigenvalue weighted by atomic mass is 10.1. The number of carbonyl (C=O) groups excluding carboxylic acids is 1. The summed E-state index contributed by atoms with van der Waals surface area (Å²) in [6.07, 6.45) is 0.281. The van der Waals surface area contributed by atoms with Crippen molar-refractivity contribution in [2.45, 2.75) is 19.4 Å². The average Bonchev–Trinajstić information content (AvgIpc) is 2.46. The highest BCUT2D eigenvalue weighted by atomic mass is 35.5. The molecule has 1 atom stereocenters. The first-order valence-electron chi connectivity index (χ1n) is 6.24. The van der Waals surface area contributed by atoms with Gasteiger partial charge in [0.15, 0.2) is 0 Å². The van der Waals surface area contributed by atoms with E-state index in [1.807, 2.05) is 31.2 Å². The van der Waals surface area contributed by atoms with Gasteiger partial charge in [0.1, 0.15) is 5.69 Å². The molecule has 0 spiro atoms. The van der Waals surface area contributed by atoms with Crippen LogP contribution < -0.4 is 0 Å². The van der Waals surface area contributed by atoms with Crippen molar-refractivity contribution in [2.24, 2.45) is 0 Å². The summed E-state index contributed by atoms with van der Waals surface area (Å²) in [4.78, 5) is 18.2. The maximum absolute atomic E-state index is 12.4. The Bertz CT molecular complexity index is 693. The maximum atomic E-state index is 12.4. The maximum Gasteiger partial charge on any atom is 0.272 e. The van der Waals surface area contributed by atoms with Crippen LogP contribution in [-0.4, -0.2) is 28.9 Å². The van der Waals surface area contributed by atoms with Gasteiger partial charge in [-0.2, -0.15) is 5.26 Å². The summed E-state index contributed by atoms with van der Waals surface area (Å²) in [5.74, 6) is -0.236. The van der Waals surface area contributed by atoms with Crippen LogP contribution in [0.4, 0.5) is 0 Å². The Balaban J connectivity index is 2.38. The summed E-state index contributed by atoms with van der Waals surface area (Å²) < 4.78 is 0. The second kappa shape index (κ2) is 5.89. The van der Waals surface area contributed by atoms with Crippen molar-refractivity contribution in [3.63, 3.8) is 0 Å². The van der Waals surface area contributed by atoms with Gasteiger partial charge in [-0.1, -0.05) is 29.8 Å². The minimum atomic E-state index is -0.236. The number of fused-ring (bicyclic) bond motifs is 1. The zero-order valence-electron chi connectivity index (χ0n) is 11.3. The van der Waals surface area contributed by atoms with Crippen LogP contribution in [0.25, 0.3) is 10.9 Å². The van der Waals surface area contributed by atoms with Crippen molar-refractivity contribution in [1.82, 2.24) is 9.88 Å². The second-order valence-electron chi connectivity index (χ2n) is 4.63. The molecule has 4 nitrogen and oxygen atoms in total. The van der Waals surface area contributed by atoms with Crippen molar-refractivity contribution in [3.05, 3.63) is 41.0 Å². The van der Waals surface area contributed by atoms with E-state index in [0.717, 1.165) is 5.39 Å². The van der Waals surface area contributed by atoms with Crippen LogP contribution >= 0.6 is 11.6 Å². The number of hydrogen-bond donors (Lipinski definition) is 0. The zero-order valence-corrected chi connectivity index (χ0v) is 12.1. The Morgan fingerprint density at radius 3 is 2.90 bits per heavy atom. The Morgan fingerprint density at radius 2 is 2.20 bits per heavy atom. The molecule has 1 aromatic carbocycles. The summed E-state index contributed by atoms with van der Waals surface area (Å²) in [5.41, 5.74) is 0.977. The third-order valence-electron chi connectivity index (χ3n) is 3.25. The van der Waals surface area contributed by atoms with Crippen LogP contribution in [0.3, 0.4) is 0 Å². The summed E-state index contributed by atoms with van der Waals surface area (Å²) in [6.45, 7) is 1.82. The Morgan fingerprint density at radius 1 is 1.50 bits per heavy atom. The lowest BCUT2D eigenvalue weighted by molar-refractivity contribution is 0.0741. The minimum Gasteiger partial charge on any atom is -0.337 e. The van der Waals surface area contributed by atoms with Gasteiger partial charge in [0.2, 0.25) is 0 Å². The first-order valence-corrected chi connectivity index (χ1v) is 6.61. The molecule has 0 saturated carbocycles. The van der Waals surface area contributed by atoms with Crippen LogP contribution in [0.15, 0.2) is 30.3 Å². The molecule has 5 heteroatoms. The number of para-hydroxylation sites is 1. The highest BCUT2D eigenvalue weighted by Crippen LogP contribution is 2.23. The molecule has 0 aliphatic carbocycles. The standard InChI is InChI=1S/C15H14ClN3O/c1-10(7-8-17)19(2)15(20)14-9-12(16)11-5-3-4-6-13(11)18-14/h3-6,9-10H,7H2,1-2H3. The van der Waals surface area contributed by atoms with E-state index in [0.29, 0.717) is 16.2 Å². The van der Waals surface area contributed by atoms with Gasteiger partial charge in [-0.15, -0.1) is 0 Å². The molecule has 1 aromatic heterocycles. The molecule has 0 aliphatic heterocycles. The number of rotatable bonds is 3. The smallest absolute Gasteiger partial charge is 0.272 e. The van der Waals surface area contributed by atoms with Gasteiger partial charge in [-0.05, 0) is 19.1 Å². The lowest BCUT2D eigenvalue weighted by Gasteiger charge is -2.22. The van der Waals surface area contributed by atoms with Gasteiger partial charge < -0.3 is 4.90 Å². The molecular weight excluding hydrogens is 274 g/mol. The number of pyridine rings is 1. The fourth-order valence-electron chi connectivity index (χ4n) is 1.89. The molecule has 0 N–H and O–H groups in total. The summed E-state index contributed by atoms with van der Waals surface area (Å²) >= 11 is 6.19. The summed E-state index contributed by atoms with van der Waals surface area (Å²) in [5, 5.41) is 10.0. The van der Waals surface area contributed by atoms with Crippen LogP contribution in [0, 0.1) is 11.3 Å². The molecule has 20 heavy (non-hydrogen) atoms. The van der Waals surface area contributed by atoms with E-state index in [2.05, 4.69) is 11.1 Å². The first-order chi connectivity index (χ1) is 9.54. The predicted molar refractivity (Wildman–Crippen MR) is 78.5 cm³/mol. The van der Waals surface area contributed by atoms with Crippen LogP contribution in [0.1, 0.15) is 23.8 Å². The number of halogens is 1. The Hall–Kier alpha value is -2.12. The molecule has 0 fully saturated rings. The third-order valence-corrected chi connectivity index (χ3v) is 3.57. The molecule has 1 amide bonds. The molecule has 0 bridgehead atoms. The van der Waals surface area contributed by atoms with Crippen molar-refractivity contribution in [3.8, 4) is 6.07 Å². The summed E-state index contributed by atoms with van der Waals surface area (Å²) in [6, 6.07) is 10.9. The Kier molecular flexibility index (Phi) is 4.21. The quantitative estimate of drug-likeness (QED) is 0.870. The molecule has 102 valence electrons. The van der Waals surface area contributed by atoms with Gasteiger partial charge in [0.05, 0.1) is 23.0 Å². The van der Waals surface area contributed by atoms with Crippen LogP contribution in [0.5, 0.6) is 0 Å². The average molecular weight is 288 g/mol. The number of hydrogen-bond acceptors (Lipinski definition) is 3. The van der Waals surface area contributed by atoms with Gasteiger partial charge in [0, 0.05) is 18.5 Å². The number of carbonyl (C=O) groups is 1. The predicted octanol–water partition coefficient (Wildman–Crippen LogP) is 3.26. The fraction of sp³-hybridized carbons (Fsp3) is 0.267. The van der Waals surface area contributed by atoms with E-state index in [1.54, 1.807) is 13.1 Å². The largest absolute Gasteiger partial charge is 0.337 e. The second-order valence-corrected chi connectivity index (χ2v) is 5.04. The number of aromatic nitrogens is 1. The van der Waals surface area contributed by atoms with E-state index in [1.165, 1.54) is 4.90 Å². The van der Waals surface area contributed by atoms with Crippen molar-refractivity contribution >= 4 is 28.4 Å². The van der Waals surface area contributed by atoms with Gasteiger partial charge in [-0.3, -0.25) is 4.79 Å². The molecule has 2 aromatic rings. The van der Waals surface area contributed by atoms with Crippen molar-refractivity contribution in [2.75, 3.05) is 7.05 Å². The zero-order chi connectivity index (χ0) is 14.7. The van der Waals surface area contributed by atoms with Crippen molar-refractivity contribution < 1.29 is 4.79 Å². The lowest BCUT2D eigenvalue weighted by Crippen LogP contribution is -2.35. The molecule has 1 unspecified atom stereocenters. The molecule has 0 aliphatic rings. The number of nitrogens with zero attached hydrogens (tertiary/aromatic N) is 3. The number of amides is 1. The van der Waals surface area contributed by atoms with E-state index >= 15 is 0 Å². The first kappa shape index (κ1) is 14.3. The Labute approximate surface area is 122 Å². The van der Waals surface area contributed by atoms with Crippen molar-refractivity contribution in [1.29, 1.82) is 5.26 Å². The highest BCUT2D eigenvalue weighted by molar-refractivity contribution is 6.35. The van der Waals surface area contributed by atoms with Gasteiger partial charge in [-0.25, -0.2) is 4.98 Å². The van der Waals surface area contributed by atoms with E-state index in [9.17, 15) is 4.79 Å². The van der Waals surface area contributed by atoms with E-state index in [4.69, 9.17) is 16.9 Å².